The number of nitriles is 1. The van der Waals surface area contributed by atoms with Gasteiger partial charge in [0, 0.05) is 23.6 Å². The van der Waals surface area contributed by atoms with E-state index in [0.717, 1.165) is 17.1 Å². The molecule has 6 heteroatoms. The molecule has 0 aliphatic carbocycles. The largest absolute Gasteiger partial charge is 0.378 e. The lowest BCUT2D eigenvalue weighted by Gasteiger charge is -2.03. The van der Waals surface area contributed by atoms with Gasteiger partial charge in [-0.2, -0.15) is 10.4 Å². The molecular formula is C15H12N6. The lowest BCUT2D eigenvalue weighted by atomic mass is 10.2. The van der Waals surface area contributed by atoms with Gasteiger partial charge in [-0.1, -0.05) is 6.07 Å². The summed E-state index contributed by atoms with van der Waals surface area (Å²) in [6, 6.07) is 13.1. The second-order valence-corrected chi connectivity index (χ2v) is 4.39. The van der Waals surface area contributed by atoms with E-state index in [4.69, 9.17) is 5.26 Å². The molecular weight excluding hydrogens is 264 g/mol. The van der Waals surface area contributed by atoms with Crippen molar-refractivity contribution in [2.45, 2.75) is 6.54 Å². The summed E-state index contributed by atoms with van der Waals surface area (Å²) >= 11 is 0. The van der Waals surface area contributed by atoms with Crippen molar-refractivity contribution in [3.8, 4) is 17.5 Å². The Kier molecular flexibility index (Phi) is 3.56. The zero-order chi connectivity index (χ0) is 14.5. The van der Waals surface area contributed by atoms with Crippen molar-refractivity contribution in [3.05, 3.63) is 60.2 Å². The summed E-state index contributed by atoms with van der Waals surface area (Å²) < 4.78 is 0. The number of rotatable bonds is 4. The molecule has 6 nitrogen and oxygen atoms in total. The predicted molar refractivity (Wildman–Crippen MR) is 78.1 cm³/mol. The highest BCUT2D eigenvalue weighted by Gasteiger charge is 2.05. The van der Waals surface area contributed by atoms with E-state index < -0.39 is 0 Å². The Labute approximate surface area is 121 Å². The summed E-state index contributed by atoms with van der Waals surface area (Å²) in [4.78, 5) is 8.38. The molecule has 2 N–H and O–H groups in total. The Bertz CT molecular complexity index is 772. The van der Waals surface area contributed by atoms with Gasteiger partial charge >= 0.3 is 0 Å². The normalized spacial score (nSPS) is 10.0. The first kappa shape index (κ1) is 12.8. The molecule has 3 aromatic rings. The molecule has 102 valence electrons. The Morgan fingerprint density at radius 2 is 2.05 bits per heavy atom. The first-order valence-electron chi connectivity index (χ1n) is 6.41. The van der Waals surface area contributed by atoms with Crippen LogP contribution in [0.1, 0.15) is 11.4 Å². The lowest BCUT2D eigenvalue weighted by Crippen LogP contribution is -2.01. The number of hydrogen-bond acceptors (Lipinski definition) is 5. The average molecular weight is 276 g/mol. The molecule has 2 aromatic heterocycles. The molecule has 0 saturated heterocycles. The molecule has 3 rings (SSSR count). The minimum Gasteiger partial charge on any atom is -0.378 e. The van der Waals surface area contributed by atoms with Crippen LogP contribution in [0.2, 0.25) is 0 Å². The fourth-order valence-electron chi connectivity index (χ4n) is 1.89. The molecule has 0 amide bonds. The Hall–Kier alpha value is -3.20. The van der Waals surface area contributed by atoms with E-state index in [9.17, 15) is 0 Å². The standard InChI is InChI=1S/C15H12N6/c16-9-11-2-1-3-13(8-11)18-10-14-19-15(21-20-14)12-4-6-17-7-5-12/h1-8,18H,10H2,(H,19,20,21). The van der Waals surface area contributed by atoms with E-state index in [1.54, 1.807) is 24.5 Å². The highest BCUT2D eigenvalue weighted by molar-refractivity contribution is 5.53. The number of pyridine rings is 1. The summed E-state index contributed by atoms with van der Waals surface area (Å²) in [6.07, 6.45) is 3.41. The van der Waals surface area contributed by atoms with Gasteiger partial charge in [-0.05, 0) is 30.3 Å². The van der Waals surface area contributed by atoms with E-state index in [-0.39, 0.29) is 0 Å². The number of anilines is 1. The molecule has 0 bridgehead atoms. The maximum absolute atomic E-state index is 8.87. The van der Waals surface area contributed by atoms with Gasteiger partial charge in [0.2, 0.25) is 0 Å². The van der Waals surface area contributed by atoms with Crippen LogP contribution in [0.4, 0.5) is 5.69 Å². The highest BCUT2D eigenvalue weighted by Crippen LogP contribution is 2.14. The van der Waals surface area contributed by atoms with Crippen molar-refractivity contribution in [1.29, 1.82) is 5.26 Å². The molecule has 0 unspecified atom stereocenters. The van der Waals surface area contributed by atoms with Crippen molar-refractivity contribution in [1.82, 2.24) is 20.2 Å². The zero-order valence-corrected chi connectivity index (χ0v) is 11.1. The second-order valence-electron chi connectivity index (χ2n) is 4.39. The van der Waals surface area contributed by atoms with E-state index >= 15 is 0 Å². The molecule has 21 heavy (non-hydrogen) atoms. The van der Waals surface area contributed by atoms with Gasteiger partial charge in [0.1, 0.15) is 5.82 Å². The van der Waals surface area contributed by atoms with Crippen LogP contribution in [0.25, 0.3) is 11.4 Å². The van der Waals surface area contributed by atoms with Crippen LogP contribution in [-0.4, -0.2) is 20.2 Å². The van der Waals surface area contributed by atoms with Gasteiger partial charge in [0.05, 0.1) is 18.2 Å². The molecule has 0 saturated carbocycles. The van der Waals surface area contributed by atoms with E-state index in [0.29, 0.717) is 17.9 Å². The van der Waals surface area contributed by atoms with Crippen LogP contribution in [0.5, 0.6) is 0 Å². The quantitative estimate of drug-likeness (QED) is 0.763. The van der Waals surface area contributed by atoms with Crippen LogP contribution in [0.15, 0.2) is 48.8 Å². The molecule has 0 aliphatic heterocycles. The van der Waals surface area contributed by atoms with Crippen LogP contribution in [0.3, 0.4) is 0 Å². The Balaban J connectivity index is 1.69. The first-order chi connectivity index (χ1) is 10.3. The number of benzene rings is 1. The summed E-state index contributed by atoms with van der Waals surface area (Å²) in [5.41, 5.74) is 2.41. The molecule has 0 radical (unpaired) electrons. The van der Waals surface area contributed by atoms with E-state index in [2.05, 4.69) is 31.6 Å². The van der Waals surface area contributed by atoms with Crippen molar-refractivity contribution < 1.29 is 0 Å². The third-order valence-electron chi connectivity index (χ3n) is 2.92. The maximum atomic E-state index is 8.87. The second kappa shape index (κ2) is 5.84. The van der Waals surface area contributed by atoms with Crippen molar-refractivity contribution in [3.63, 3.8) is 0 Å². The Morgan fingerprint density at radius 3 is 2.86 bits per heavy atom. The monoisotopic (exact) mass is 276 g/mol. The smallest absolute Gasteiger partial charge is 0.181 e. The van der Waals surface area contributed by atoms with Crippen LogP contribution >= 0.6 is 0 Å². The minimum atomic E-state index is 0.507. The minimum absolute atomic E-state index is 0.507. The number of hydrogen-bond donors (Lipinski definition) is 2. The zero-order valence-electron chi connectivity index (χ0n) is 11.1. The lowest BCUT2D eigenvalue weighted by molar-refractivity contribution is 0.955. The molecule has 1 aromatic carbocycles. The molecule has 0 atom stereocenters. The number of aromatic amines is 1. The molecule has 2 heterocycles. The fraction of sp³-hybridized carbons (Fsp3) is 0.0667. The third kappa shape index (κ3) is 3.04. The first-order valence-corrected chi connectivity index (χ1v) is 6.41. The summed E-state index contributed by atoms with van der Waals surface area (Å²) in [5.74, 6) is 1.36. The topological polar surface area (TPSA) is 90.3 Å². The predicted octanol–water partition coefficient (Wildman–Crippen LogP) is 2.35. The average Bonchev–Trinajstić information content (AvgIpc) is 3.03. The van der Waals surface area contributed by atoms with Crippen molar-refractivity contribution >= 4 is 5.69 Å². The van der Waals surface area contributed by atoms with E-state index in [1.165, 1.54) is 0 Å². The number of aromatic nitrogens is 4. The number of H-pyrrole nitrogens is 1. The van der Waals surface area contributed by atoms with Crippen LogP contribution in [-0.2, 0) is 6.54 Å². The number of nitrogens with zero attached hydrogens (tertiary/aromatic N) is 4. The number of nitrogens with one attached hydrogen (secondary N) is 2. The summed E-state index contributed by atoms with van der Waals surface area (Å²) in [6.45, 7) is 0.507. The van der Waals surface area contributed by atoms with Crippen LogP contribution < -0.4 is 5.32 Å². The molecule has 0 aliphatic rings. The highest BCUT2D eigenvalue weighted by atomic mass is 15.2. The van der Waals surface area contributed by atoms with Gasteiger partial charge in [-0.25, -0.2) is 4.98 Å². The summed E-state index contributed by atoms with van der Waals surface area (Å²) in [7, 11) is 0. The third-order valence-corrected chi connectivity index (χ3v) is 2.92. The van der Waals surface area contributed by atoms with Gasteiger partial charge in [0.25, 0.3) is 0 Å². The SMILES string of the molecule is N#Cc1cccc(NCc2nc(-c3ccncc3)n[nH]2)c1. The van der Waals surface area contributed by atoms with Gasteiger partial charge in [-0.15, -0.1) is 0 Å². The van der Waals surface area contributed by atoms with Crippen molar-refractivity contribution in [2.24, 2.45) is 0 Å². The van der Waals surface area contributed by atoms with Gasteiger partial charge < -0.3 is 5.32 Å². The Morgan fingerprint density at radius 1 is 1.19 bits per heavy atom. The summed E-state index contributed by atoms with van der Waals surface area (Å²) in [5, 5.41) is 19.1. The van der Waals surface area contributed by atoms with E-state index in [1.807, 2.05) is 24.3 Å². The molecule has 0 fully saturated rings. The van der Waals surface area contributed by atoms with Gasteiger partial charge in [-0.3, -0.25) is 10.1 Å². The fourth-order valence-corrected chi connectivity index (χ4v) is 1.89. The molecule has 0 spiro atoms. The van der Waals surface area contributed by atoms with Gasteiger partial charge in [0.15, 0.2) is 5.82 Å². The van der Waals surface area contributed by atoms with Crippen molar-refractivity contribution in [2.75, 3.05) is 5.32 Å². The maximum Gasteiger partial charge on any atom is 0.181 e. The van der Waals surface area contributed by atoms with Crippen LogP contribution in [0, 0.1) is 11.3 Å².